The van der Waals surface area contributed by atoms with Crippen molar-refractivity contribution in [2.24, 2.45) is 0 Å². The molecule has 0 bridgehead atoms. The molecular weight excluding hydrogens is 489 g/mol. The van der Waals surface area contributed by atoms with Crippen LogP contribution in [0, 0.1) is 5.82 Å². The van der Waals surface area contributed by atoms with E-state index in [0.717, 1.165) is 30.4 Å². The number of carbonyl (C=O) groups excluding carboxylic acids is 2. The maximum absolute atomic E-state index is 13.5. The van der Waals surface area contributed by atoms with Crippen LogP contribution >= 0.6 is 0 Å². The number of benzene rings is 4. The smallest absolute Gasteiger partial charge is 0.255 e. The first kappa shape index (κ1) is 24.8. The van der Waals surface area contributed by atoms with Gasteiger partial charge >= 0.3 is 0 Å². The third-order valence-electron chi connectivity index (χ3n) is 7.96. The highest BCUT2D eigenvalue weighted by molar-refractivity contribution is 6.12. The molecule has 39 heavy (non-hydrogen) atoms. The molecule has 1 N–H and O–H groups in total. The first-order chi connectivity index (χ1) is 19.0. The maximum Gasteiger partial charge on any atom is 0.255 e. The van der Waals surface area contributed by atoms with Crippen molar-refractivity contribution in [3.8, 4) is 22.5 Å². The molecular formula is C34H28FNO3. The van der Waals surface area contributed by atoms with Gasteiger partial charge in [-0.05, 0) is 72.0 Å². The summed E-state index contributed by atoms with van der Waals surface area (Å²) in [5.74, 6) is -0.132. The number of amides is 1. The standard InChI is InChI=1S/C34H28FNO3/c1-36-33(38)31-28-20-24(13-16-30(28)39-32(31)22-11-14-27(35)15-12-22)23-7-5-8-25(19-23)29(37)21-34(17-6-18-34)26-9-3-2-4-10-26/h2-5,7-16,19-20H,6,17-18,21H2,1H3,(H,36,38). The average Bonchev–Trinajstić information content (AvgIpc) is 3.34. The zero-order valence-electron chi connectivity index (χ0n) is 21.7. The van der Waals surface area contributed by atoms with E-state index in [1.165, 1.54) is 17.7 Å². The zero-order chi connectivity index (χ0) is 27.0. The Kier molecular flexibility index (Phi) is 6.35. The summed E-state index contributed by atoms with van der Waals surface area (Å²) in [5.41, 5.74) is 5.16. The third-order valence-corrected chi connectivity index (χ3v) is 7.96. The minimum absolute atomic E-state index is 0.0801. The van der Waals surface area contributed by atoms with Crippen molar-refractivity contribution >= 4 is 22.7 Å². The number of nitrogens with one attached hydrogen (secondary N) is 1. The van der Waals surface area contributed by atoms with Gasteiger partial charge in [0.15, 0.2) is 5.78 Å². The van der Waals surface area contributed by atoms with Crippen molar-refractivity contribution in [1.82, 2.24) is 5.32 Å². The molecule has 1 heterocycles. The molecule has 6 rings (SSSR count). The van der Waals surface area contributed by atoms with Crippen molar-refractivity contribution in [2.75, 3.05) is 7.05 Å². The van der Waals surface area contributed by atoms with Gasteiger partial charge in [-0.3, -0.25) is 9.59 Å². The monoisotopic (exact) mass is 517 g/mol. The van der Waals surface area contributed by atoms with E-state index in [1.807, 2.05) is 60.7 Å². The van der Waals surface area contributed by atoms with Crippen molar-refractivity contribution in [2.45, 2.75) is 31.1 Å². The van der Waals surface area contributed by atoms with Gasteiger partial charge in [0, 0.05) is 35.4 Å². The number of ketones is 1. The van der Waals surface area contributed by atoms with Crippen LogP contribution in [0.3, 0.4) is 0 Å². The molecule has 5 heteroatoms. The number of rotatable bonds is 7. The molecule has 0 saturated heterocycles. The Morgan fingerprint density at radius 2 is 1.56 bits per heavy atom. The second-order valence-electron chi connectivity index (χ2n) is 10.3. The molecule has 1 amide bonds. The first-order valence-corrected chi connectivity index (χ1v) is 13.2. The SMILES string of the molecule is CNC(=O)c1c(-c2ccc(F)cc2)oc2ccc(-c3cccc(C(=O)CC4(c5ccccc5)CCC4)c3)cc12. The fraction of sp³-hybridized carbons (Fsp3) is 0.176. The number of hydrogen-bond donors (Lipinski definition) is 1. The lowest BCUT2D eigenvalue weighted by Crippen LogP contribution is -2.36. The van der Waals surface area contributed by atoms with Crippen LogP contribution in [-0.2, 0) is 5.41 Å². The van der Waals surface area contributed by atoms with Crippen molar-refractivity contribution < 1.29 is 18.4 Å². The molecule has 5 aromatic rings. The van der Waals surface area contributed by atoms with Gasteiger partial charge in [0.1, 0.15) is 17.2 Å². The molecule has 0 aliphatic heterocycles. The van der Waals surface area contributed by atoms with E-state index in [0.29, 0.717) is 39.8 Å². The highest BCUT2D eigenvalue weighted by Crippen LogP contribution is 2.47. The molecule has 1 aromatic heterocycles. The van der Waals surface area contributed by atoms with Gasteiger partial charge in [-0.25, -0.2) is 4.39 Å². The van der Waals surface area contributed by atoms with E-state index in [2.05, 4.69) is 17.4 Å². The van der Waals surface area contributed by atoms with Crippen molar-refractivity contribution in [1.29, 1.82) is 0 Å². The van der Waals surface area contributed by atoms with Crippen LogP contribution in [-0.4, -0.2) is 18.7 Å². The molecule has 1 aliphatic rings. The molecule has 1 saturated carbocycles. The van der Waals surface area contributed by atoms with Crippen LogP contribution in [0.5, 0.6) is 0 Å². The number of Topliss-reactive ketones (excluding diaryl/α,β-unsaturated/α-hetero) is 1. The lowest BCUT2D eigenvalue weighted by atomic mass is 9.61. The van der Waals surface area contributed by atoms with Gasteiger partial charge in [0.2, 0.25) is 0 Å². The van der Waals surface area contributed by atoms with E-state index in [1.54, 1.807) is 19.2 Å². The Morgan fingerprint density at radius 3 is 2.26 bits per heavy atom. The van der Waals surface area contributed by atoms with Gasteiger partial charge in [0.05, 0.1) is 5.56 Å². The van der Waals surface area contributed by atoms with E-state index in [-0.39, 0.29) is 22.9 Å². The topological polar surface area (TPSA) is 59.3 Å². The quantitative estimate of drug-likeness (QED) is 0.223. The third kappa shape index (κ3) is 4.54. The highest BCUT2D eigenvalue weighted by Gasteiger charge is 2.40. The molecule has 4 aromatic carbocycles. The maximum atomic E-state index is 13.5. The Hall–Kier alpha value is -4.51. The van der Waals surface area contributed by atoms with Crippen molar-refractivity contribution in [3.63, 3.8) is 0 Å². The molecule has 0 radical (unpaired) electrons. The summed E-state index contributed by atoms with van der Waals surface area (Å²) in [6.45, 7) is 0. The number of fused-ring (bicyclic) bond motifs is 1. The predicted molar refractivity (Wildman–Crippen MR) is 151 cm³/mol. The van der Waals surface area contributed by atoms with Gasteiger partial charge in [-0.2, -0.15) is 0 Å². The minimum atomic E-state index is -0.361. The molecule has 1 aliphatic carbocycles. The average molecular weight is 518 g/mol. The first-order valence-electron chi connectivity index (χ1n) is 13.2. The fourth-order valence-electron chi connectivity index (χ4n) is 5.68. The summed E-state index contributed by atoms with van der Waals surface area (Å²) >= 11 is 0. The Labute approximate surface area is 226 Å². The zero-order valence-corrected chi connectivity index (χ0v) is 21.7. The Morgan fingerprint density at radius 1 is 0.846 bits per heavy atom. The summed E-state index contributed by atoms with van der Waals surface area (Å²) in [6.07, 6.45) is 3.68. The summed E-state index contributed by atoms with van der Waals surface area (Å²) in [5, 5.41) is 3.35. The van der Waals surface area contributed by atoms with Gasteiger partial charge in [-0.1, -0.05) is 61.0 Å². The lowest BCUT2D eigenvalue weighted by molar-refractivity contribution is 0.0904. The molecule has 0 unspecified atom stereocenters. The van der Waals surface area contributed by atoms with Crippen LogP contribution in [0.4, 0.5) is 4.39 Å². The lowest BCUT2D eigenvalue weighted by Gasteiger charge is -2.42. The highest BCUT2D eigenvalue weighted by atomic mass is 19.1. The molecule has 1 fully saturated rings. The van der Waals surface area contributed by atoms with Crippen LogP contribution in [0.2, 0.25) is 0 Å². The number of carbonyl (C=O) groups is 2. The van der Waals surface area contributed by atoms with E-state index >= 15 is 0 Å². The molecule has 0 atom stereocenters. The predicted octanol–water partition coefficient (Wildman–Crippen LogP) is 7.96. The van der Waals surface area contributed by atoms with Gasteiger partial charge in [0.25, 0.3) is 5.91 Å². The second kappa shape index (κ2) is 9.99. The van der Waals surface area contributed by atoms with Crippen LogP contribution in [0.25, 0.3) is 33.4 Å². The van der Waals surface area contributed by atoms with Crippen LogP contribution in [0.1, 0.15) is 52.0 Å². The van der Waals surface area contributed by atoms with Crippen LogP contribution in [0.15, 0.2) is 101 Å². The van der Waals surface area contributed by atoms with Crippen LogP contribution < -0.4 is 5.32 Å². The van der Waals surface area contributed by atoms with E-state index < -0.39 is 0 Å². The van der Waals surface area contributed by atoms with Gasteiger partial charge in [-0.15, -0.1) is 0 Å². The molecule has 194 valence electrons. The summed E-state index contributed by atoms with van der Waals surface area (Å²) in [6, 6.07) is 29.6. The van der Waals surface area contributed by atoms with Gasteiger partial charge < -0.3 is 9.73 Å². The molecule has 4 nitrogen and oxygen atoms in total. The second-order valence-corrected chi connectivity index (χ2v) is 10.3. The molecule has 0 spiro atoms. The Bertz CT molecular complexity index is 1680. The van der Waals surface area contributed by atoms with E-state index in [4.69, 9.17) is 4.42 Å². The fourth-order valence-corrected chi connectivity index (χ4v) is 5.68. The number of halogens is 1. The summed E-state index contributed by atoms with van der Waals surface area (Å²) < 4.78 is 19.6. The van der Waals surface area contributed by atoms with Crippen molar-refractivity contribution in [3.05, 3.63) is 120 Å². The number of furan rings is 1. The summed E-state index contributed by atoms with van der Waals surface area (Å²) in [4.78, 5) is 26.4. The summed E-state index contributed by atoms with van der Waals surface area (Å²) in [7, 11) is 1.57. The Balaban J connectivity index is 1.36. The minimum Gasteiger partial charge on any atom is -0.455 e. The van der Waals surface area contributed by atoms with E-state index in [9.17, 15) is 14.0 Å². The normalized spacial score (nSPS) is 14.1. The number of hydrogen-bond acceptors (Lipinski definition) is 3. The largest absolute Gasteiger partial charge is 0.455 e.